The average Bonchev–Trinajstić information content (AvgIpc) is 2.52. The van der Waals surface area contributed by atoms with Gasteiger partial charge in [-0.2, -0.15) is 0 Å². The van der Waals surface area contributed by atoms with Gasteiger partial charge in [-0.15, -0.1) is 0 Å². The van der Waals surface area contributed by atoms with Gasteiger partial charge in [0.25, 0.3) is 0 Å². The summed E-state index contributed by atoms with van der Waals surface area (Å²) in [5.74, 6) is 0.981. The molecular weight excluding hydrogens is 310 g/mol. The first kappa shape index (κ1) is 17.5. The number of methoxy groups -OCH3 is 1. The topological polar surface area (TPSA) is 58.6 Å². The Balaban J connectivity index is 2.37. The Hall–Kier alpha value is -1.85. The molecule has 0 saturated carbocycles. The minimum Gasteiger partial charge on any atom is -0.508 e. The van der Waals surface area contributed by atoms with Gasteiger partial charge in [0.05, 0.1) is 28.9 Å². The Morgan fingerprint density at radius 3 is 1.91 bits per heavy atom. The third-order valence-electron chi connectivity index (χ3n) is 3.46. The molecule has 5 heteroatoms. The zero-order valence-electron chi connectivity index (χ0n) is 13.9. The van der Waals surface area contributed by atoms with Crippen LogP contribution in [0.25, 0.3) is 0 Å². The largest absolute Gasteiger partial charge is 0.508 e. The maximum Gasteiger partial charge on any atom is 0.118 e. The van der Waals surface area contributed by atoms with Gasteiger partial charge in [-0.05, 0) is 56.2 Å². The maximum atomic E-state index is 12.5. The van der Waals surface area contributed by atoms with Crippen molar-refractivity contribution in [3.05, 3.63) is 59.7 Å². The molecular formula is C18H23NO3S. The minimum atomic E-state index is -1.22. The van der Waals surface area contributed by atoms with Crippen molar-refractivity contribution < 1.29 is 14.1 Å². The van der Waals surface area contributed by atoms with E-state index in [2.05, 4.69) is 4.72 Å². The number of phenols is 1. The molecule has 0 radical (unpaired) electrons. The van der Waals surface area contributed by atoms with Crippen LogP contribution in [-0.2, 0) is 11.0 Å². The van der Waals surface area contributed by atoms with E-state index >= 15 is 0 Å². The highest BCUT2D eigenvalue weighted by Gasteiger charge is 2.24. The van der Waals surface area contributed by atoms with Gasteiger partial charge in [0.2, 0.25) is 0 Å². The molecule has 0 aliphatic rings. The van der Waals surface area contributed by atoms with Gasteiger partial charge in [0.1, 0.15) is 11.5 Å². The molecule has 23 heavy (non-hydrogen) atoms. The quantitative estimate of drug-likeness (QED) is 0.880. The first-order chi connectivity index (χ1) is 10.8. The lowest BCUT2D eigenvalue weighted by atomic mass is 9.99. The van der Waals surface area contributed by atoms with E-state index in [4.69, 9.17) is 4.74 Å². The molecule has 0 aliphatic carbocycles. The van der Waals surface area contributed by atoms with E-state index in [-0.39, 0.29) is 16.5 Å². The lowest BCUT2D eigenvalue weighted by molar-refractivity contribution is 0.414. The summed E-state index contributed by atoms with van der Waals surface area (Å²) in [4.78, 5) is 0. The van der Waals surface area contributed by atoms with E-state index in [0.29, 0.717) is 0 Å². The molecule has 2 atom stereocenters. The number of ether oxygens (including phenoxy) is 1. The van der Waals surface area contributed by atoms with Crippen LogP contribution in [0, 0.1) is 0 Å². The van der Waals surface area contributed by atoms with Crippen LogP contribution in [0.4, 0.5) is 0 Å². The Labute approximate surface area is 140 Å². The summed E-state index contributed by atoms with van der Waals surface area (Å²) in [6.07, 6.45) is 0. The van der Waals surface area contributed by atoms with Crippen molar-refractivity contribution in [1.29, 1.82) is 0 Å². The lowest BCUT2D eigenvalue weighted by Crippen LogP contribution is -2.36. The first-order valence-corrected chi connectivity index (χ1v) is 8.57. The van der Waals surface area contributed by atoms with Gasteiger partial charge in [0.15, 0.2) is 0 Å². The summed E-state index contributed by atoms with van der Waals surface area (Å²) in [5, 5.41) is 9.49. The van der Waals surface area contributed by atoms with Crippen LogP contribution in [0.15, 0.2) is 48.5 Å². The Kier molecular flexibility index (Phi) is 5.44. The summed E-state index contributed by atoms with van der Waals surface area (Å²) in [7, 11) is 0.400. The number of phenolic OH excluding ortho intramolecular Hbond substituents is 1. The second-order valence-electron chi connectivity index (χ2n) is 6.30. The van der Waals surface area contributed by atoms with Crippen molar-refractivity contribution in [2.24, 2.45) is 0 Å². The van der Waals surface area contributed by atoms with E-state index in [0.717, 1.165) is 16.9 Å². The predicted octanol–water partition coefficient (Wildman–Crippen LogP) is 3.54. The monoisotopic (exact) mass is 333 g/mol. The highest BCUT2D eigenvalue weighted by molar-refractivity contribution is 7.84. The molecule has 4 nitrogen and oxygen atoms in total. The van der Waals surface area contributed by atoms with Crippen LogP contribution in [0.5, 0.6) is 11.5 Å². The standard InChI is InChI=1S/C18H23NO3S/c1-18(2,3)23(21)19-17(13-5-9-15(20)10-6-13)14-7-11-16(22-4)12-8-14/h5-12,17,19-20H,1-4H3. The molecule has 124 valence electrons. The fourth-order valence-corrected chi connectivity index (χ4v) is 2.92. The minimum absolute atomic E-state index is 0.208. The number of rotatable bonds is 5. The van der Waals surface area contributed by atoms with Gasteiger partial charge < -0.3 is 9.84 Å². The number of nitrogens with one attached hydrogen (secondary N) is 1. The second kappa shape index (κ2) is 7.15. The Morgan fingerprint density at radius 2 is 1.48 bits per heavy atom. The number of hydrogen-bond donors (Lipinski definition) is 2. The molecule has 2 N–H and O–H groups in total. The first-order valence-electron chi connectivity index (χ1n) is 7.42. The summed E-state index contributed by atoms with van der Waals surface area (Å²) >= 11 is 0. The zero-order chi connectivity index (χ0) is 17.0. The molecule has 0 bridgehead atoms. The molecule has 2 rings (SSSR count). The number of hydrogen-bond acceptors (Lipinski definition) is 3. The molecule has 0 amide bonds. The van der Waals surface area contributed by atoms with Crippen molar-refractivity contribution in [3.63, 3.8) is 0 Å². The highest BCUT2D eigenvalue weighted by atomic mass is 32.2. The second-order valence-corrected chi connectivity index (χ2v) is 8.29. The fourth-order valence-electron chi connectivity index (χ4n) is 2.08. The van der Waals surface area contributed by atoms with Gasteiger partial charge in [-0.3, -0.25) is 0 Å². The predicted molar refractivity (Wildman–Crippen MR) is 94.0 cm³/mol. The number of aromatic hydroxyl groups is 1. The van der Waals surface area contributed by atoms with Crippen LogP contribution in [-0.4, -0.2) is 21.2 Å². The van der Waals surface area contributed by atoms with Crippen molar-refractivity contribution in [3.8, 4) is 11.5 Å². The molecule has 0 fully saturated rings. The average molecular weight is 333 g/mol. The molecule has 0 aromatic heterocycles. The summed E-state index contributed by atoms with van der Waals surface area (Å²) in [6.45, 7) is 5.79. The third kappa shape index (κ3) is 4.56. The van der Waals surface area contributed by atoms with Gasteiger partial charge in [0, 0.05) is 0 Å². The molecule has 0 aliphatic heterocycles. The maximum absolute atomic E-state index is 12.5. The van der Waals surface area contributed by atoms with E-state index in [9.17, 15) is 9.32 Å². The normalized spacial score (nSPS) is 14.3. The summed E-state index contributed by atoms with van der Waals surface area (Å²) in [5.41, 5.74) is 1.92. The third-order valence-corrected chi connectivity index (χ3v) is 5.02. The highest BCUT2D eigenvalue weighted by Crippen LogP contribution is 2.27. The lowest BCUT2D eigenvalue weighted by Gasteiger charge is -2.25. The van der Waals surface area contributed by atoms with E-state index < -0.39 is 11.0 Å². The molecule has 0 saturated heterocycles. The van der Waals surface area contributed by atoms with Crippen LogP contribution >= 0.6 is 0 Å². The van der Waals surface area contributed by atoms with Crippen LogP contribution < -0.4 is 9.46 Å². The van der Waals surface area contributed by atoms with Crippen molar-refractivity contribution >= 4 is 11.0 Å². The molecule has 0 heterocycles. The smallest absolute Gasteiger partial charge is 0.118 e. The van der Waals surface area contributed by atoms with Crippen molar-refractivity contribution in [2.75, 3.05) is 7.11 Å². The summed E-state index contributed by atoms with van der Waals surface area (Å²) < 4.78 is 20.6. The summed E-state index contributed by atoms with van der Waals surface area (Å²) in [6, 6.07) is 14.3. The van der Waals surface area contributed by atoms with Gasteiger partial charge in [-0.25, -0.2) is 8.93 Å². The van der Waals surface area contributed by atoms with Crippen LogP contribution in [0.1, 0.15) is 37.9 Å². The Morgan fingerprint density at radius 1 is 1.00 bits per heavy atom. The van der Waals surface area contributed by atoms with Crippen LogP contribution in [0.2, 0.25) is 0 Å². The van der Waals surface area contributed by atoms with Gasteiger partial charge in [-0.1, -0.05) is 24.3 Å². The van der Waals surface area contributed by atoms with Crippen molar-refractivity contribution in [1.82, 2.24) is 4.72 Å². The molecule has 0 spiro atoms. The van der Waals surface area contributed by atoms with E-state index in [1.54, 1.807) is 19.2 Å². The van der Waals surface area contributed by atoms with Crippen LogP contribution in [0.3, 0.4) is 0 Å². The van der Waals surface area contributed by atoms with Crippen molar-refractivity contribution in [2.45, 2.75) is 31.6 Å². The molecule has 2 aromatic carbocycles. The van der Waals surface area contributed by atoms with E-state index in [1.807, 2.05) is 57.2 Å². The van der Waals surface area contributed by atoms with E-state index in [1.165, 1.54) is 0 Å². The zero-order valence-corrected chi connectivity index (χ0v) is 14.7. The molecule has 2 unspecified atom stereocenters. The molecule has 2 aromatic rings. The fraction of sp³-hybridized carbons (Fsp3) is 0.333. The van der Waals surface area contributed by atoms with Gasteiger partial charge >= 0.3 is 0 Å². The SMILES string of the molecule is COc1ccc(C(NS(=O)C(C)(C)C)c2ccc(O)cc2)cc1. The number of benzene rings is 2. The Bertz CT molecular complexity index is 660.